The van der Waals surface area contributed by atoms with Crippen LogP contribution in [0.4, 0.5) is 14.9 Å². The van der Waals surface area contributed by atoms with E-state index in [9.17, 15) is 14.0 Å². The molecule has 11 heteroatoms. The zero-order chi connectivity index (χ0) is 21.0. The molecule has 10 nitrogen and oxygen atoms in total. The highest BCUT2D eigenvalue weighted by molar-refractivity contribution is 5.98. The van der Waals surface area contributed by atoms with E-state index in [4.69, 9.17) is 0 Å². The van der Waals surface area contributed by atoms with Crippen molar-refractivity contribution in [3.63, 3.8) is 0 Å². The lowest BCUT2D eigenvalue weighted by molar-refractivity contribution is 0.0962. The Kier molecular flexibility index (Phi) is 5.77. The number of rotatable bonds is 5. The van der Waals surface area contributed by atoms with Gasteiger partial charge in [0.1, 0.15) is 12.1 Å². The number of nitrogens with zero attached hydrogens (tertiary/aromatic N) is 5. The van der Waals surface area contributed by atoms with Gasteiger partial charge in [-0.2, -0.15) is 9.78 Å². The quantitative estimate of drug-likeness (QED) is 0.601. The largest absolute Gasteiger partial charge is 0.355 e. The summed E-state index contributed by atoms with van der Waals surface area (Å²) in [6.07, 6.45) is 4.43. The number of aryl methyl sites for hydroxylation is 1. The third-order valence-corrected chi connectivity index (χ3v) is 4.08. The number of benzene rings is 1. The number of anilines is 1. The first-order chi connectivity index (χ1) is 13.9. The molecule has 150 valence electrons. The SMILES string of the molecule is CNC(=O)c1cc(NC(=O)N[C@@H](C)c2ncnn2-c2ncccn2)c(F)cc1C. The summed E-state index contributed by atoms with van der Waals surface area (Å²) in [6.45, 7) is 3.29. The van der Waals surface area contributed by atoms with Crippen LogP contribution in [0.15, 0.2) is 36.9 Å². The van der Waals surface area contributed by atoms with Crippen LogP contribution in [0.25, 0.3) is 5.95 Å². The molecule has 3 rings (SSSR count). The summed E-state index contributed by atoms with van der Waals surface area (Å²) >= 11 is 0. The zero-order valence-electron chi connectivity index (χ0n) is 16.0. The Balaban J connectivity index is 1.75. The van der Waals surface area contributed by atoms with E-state index < -0.39 is 17.9 Å². The summed E-state index contributed by atoms with van der Waals surface area (Å²) in [5, 5.41) is 11.6. The number of halogens is 1. The second-order valence-corrected chi connectivity index (χ2v) is 6.13. The molecule has 1 atom stereocenters. The highest BCUT2D eigenvalue weighted by Crippen LogP contribution is 2.20. The molecule has 1 aromatic carbocycles. The molecule has 0 aliphatic rings. The molecule has 29 heavy (non-hydrogen) atoms. The summed E-state index contributed by atoms with van der Waals surface area (Å²) < 4.78 is 15.6. The fraction of sp³-hybridized carbons (Fsp3) is 0.222. The van der Waals surface area contributed by atoms with Crippen molar-refractivity contribution >= 4 is 17.6 Å². The van der Waals surface area contributed by atoms with Gasteiger partial charge in [0.2, 0.25) is 0 Å². The first-order valence-electron chi connectivity index (χ1n) is 8.67. The Morgan fingerprint density at radius 2 is 1.90 bits per heavy atom. The van der Waals surface area contributed by atoms with Crippen molar-refractivity contribution < 1.29 is 14.0 Å². The van der Waals surface area contributed by atoms with Crippen LogP contribution in [0, 0.1) is 12.7 Å². The summed E-state index contributed by atoms with van der Waals surface area (Å²) in [6, 6.07) is 2.87. The van der Waals surface area contributed by atoms with Gasteiger partial charge < -0.3 is 16.0 Å². The van der Waals surface area contributed by atoms with Crippen molar-refractivity contribution in [2.45, 2.75) is 19.9 Å². The molecule has 0 saturated heterocycles. The molecule has 0 aliphatic carbocycles. The van der Waals surface area contributed by atoms with Crippen LogP contribution in [0.1, 0.15) is 34.7 Å². The number of urea groups is 1. The minimum atomic E-state index is -0.674. The Morgan fingerprint density at radius 1 is 1.17 bits per heavy atom. The predicted octanol–water partition coefficient (Wildman–Crippen LogP) is 1.75. The fourth-order valence-corrected chi connectivity index (χ4v) is 2.67. The van der Waals surface area contributed by atoms with E-state index in [1.54, 1.807) is 32.3 Å². The van der Waals surface area contributed by atoms with Gasteiger partial charge in [-0.3, -0.25) is 4.79 Å². The molecule has 2 aromatic heterocycles. The molecule has 0 saturated carbocycles. The van der Waals surface area contributed by atoms with E-state index in [1.165, 1.54) is 30.2 Å². The molecule has 0 unspecified atom stereocenters. The lowest BCUT2D eigenvalue weighted by Crippen LogP contribution is -2.33. The maximum Gasteiger partial charge on any atom is 0.319 e. The van der Waals surface area contributed by atoms with Crippen molar-refractivity contribution in [2.75, 3.05) is 12.4 Å². The Labute approximate surface area is 165 Å². The normalized spacial score (nSPS) is 11.6. The minimum absolute atomic E-state index is 0.119. The Hall–Kier alpha value is -3.89. The smallest absolute Gasteiger partial charge is 0.319 e. The standard InChI is InChI=1S/C18H19FN8O2/c1-10-7-13(19)14(8-12(10)16(28)20-3)26-18(29)25-11(2)15-23-9-24-27(15)17-21-5-4-6-22-17/h4-9,11H,1-3H3,(H,20,28)(H2,25,26,29)/t11-/m0/s1. The van der Waals surface area contributed by atoms with Gasteiger partial charge in [-0.1, -0.05) is 0 Å². The minimum Gasteiger partial charge on any atom is -0.355 e. The summed E-state index contributed by atoms with van der Waals surface area (Å²) in [4.78, 5) is 36.6. The third-order valence-electron chi connectivity index (χ3n) is 4.08. The Bertz CT molecular complexity index is 1040. The molecule has 2 heterocycles. The van der Waals surface area contributed by atoms with Gasteiger partial charge in [0.05, 0.1) is 11.7 Å². The fourth-order valence-electron chi connectivity index (χ4n) is 2.67. The van der Waals surface area contributed by atoms with Crippen LogP contribution in [-0.4, -0.2) is 43.7 Å². The average molecular weight is 398 g/mol. The van der Waals surface area contributed by atoms with E-state index >= 15 is 0 Å². The molecular formula is C18H19FN8O2. The number of hydrogen-bond donors (Lipinski definition) is 3. The molecular weight excluding hydrogens is 379 g/mol. The van der Waals surface area contributed by atoms with E-state index in [-0.39, 0.29) is 17.2 Å². The van der Waals surface area contributed by atoms with Crippen molar-refractivity contribution in [2.24, 2.45) is 0 Å². The molecule has 0 fully saturated rings. The van der Waals surface area contributed by atoms with E-state index in [1.807, 2.05) is 0 Å². The highest BCUT2D eigenvalue weighted by Gasteiger charge is 2.19. The molecule has 3 aromatic rings. The number of nitrogens with one attached hydrogen (secondary N) is 3. The maximum absolute atomic E-state index is 14.2. The highest BCUT2D eigenvalue weighted by atomic mass is 19.1. The Morgan fingerprint density at radius 3 is 2.59 bits per heavy atom. The zero-order valence-corrected chi connectivity index (χ0v) is 16.0. The molecule has 0 aliphatic heterocycles. The monoisotopic (exact) mass is 398 g/mol. The van der Waals surface area contributed by atoms with E-state index in [2.05, 4.69) is 36.0 Å². The van der Waals surface area contributed by atoms with Crippen molar-refractivity contribution in [3.8, 4) is 5.95 Å². The third kappa shape index (κ3) is 4.34. The first kappa shape index (κ1) is 19.9. The summed E-state index contributed by atoms with van der Waals surface area (Å²) in [5.74, 6) is -0.343. The van der Waals surface area contributed by atoms with Crippen LogP contribution in [0.5, 0.6) is 0 Å². The molecule has 0 bridgehead atoms. The van der Waals surface area contributed by atoms with Gasteiger partial charge >= 0.3 is 6.03 Å². The van der Waals surface area contributed by atoms with Gasteiger partial charge in [0.25, 0.3) is 11.9 Å². The van der Waals surface area contributed by atoms with Gasteiger partial charge in [-0.05, 0) is 37.6 Å². The lowest BCUT2D eigenvalue weighted by Gasteiger charge is -2.15. The van der Waals surface area contributed by atoms with E-state index in [0.29, 0.717) is 17.3 Å². The lowest BCUT2D eigenvalue weighted by atomic mass is 10.1. The second kappa shape index (κ2) is 8.42. The topological polar surface area (TPSA) is 127 Å². The maximum atomic E-state index is 14.2. The number of amides is 3. The van der Waals surface area contributed by atoms with Gasteiger partial charge in [0, 0.05) is 25.0 Å². The van der Waals surface area contributed by atoms with Gasteiger partial charge in [-0.25, -0.2) is 24.1 Å². The summed E-state index contributed by atoms with van der Waals surface area (Å²) in [5.41, 5.74) is 0.599. The van der Waals surface area contributed by atoms with Crippen molar-refractivity contribution in [1.82, 2.24) is 35.4 Å². The first-order valence-corrected chi connectivity index (χ1v) is 8.67. The van der Waals surface area contributed by atoms with Gasteiger partial charge in [-0.15, -0.1) is 0 Å². The number of carbonyl (C=O) groups excluding carboxylic acids is 2. The number of aromatic nitrogens is 5. The average Bonchev–Trinajstić information content (AvgIpc) is 3.20. The van der Waals surface area contributed by atoms with E-state index in [0.717, 1.165) is 0 Å². The van der Waals surface area contributed by atoms with Gasteiger partial charge in [0.15, 0.2) is 5.82 Å². The molecule has 0 radical (unpaired) electrons. The van der Waals surface area contributed by atoms with Crippen LogP contribution in [-0.2, 0) is 0 Å². The summed E-state index contributed by atoms with van der Waals surface area (Å²) in [7, 11) is 1.47. The molecule has 3 amide bonds. The van der Waals surface area contributed by atoms with Crippen LogP contribution >= 0.6 is 0 Å². The van der Waals surface area contributed by atoms with Crippen molar-refractivity contribution in [1.29, 1.82) is 0 Å². The van der Waals surface area contributed by atoms with Crippen LogP contribution in [0.3, 0.4) is 0 Å². The van der Waals surface area contributed by atoms with Crippen LogP contribution in [0.2, 0.25) is 0 Å². The molecule has 3 N–H and O–H groups in total. The van der Waals surface area contributed by atoms with Crippen molar-refractivity contribution in [3.05, 3.63) is 59.7 Å². The number of carbonyl (C=O) groups is 2. The van der Waals surface area contributed by atoms with Crippen LogP contribution < -0.4 is 16.0 Å². The second-order valence-electron chi connectivity index (χ2n) is 6.13. The molecule has 0 spiro atoms. The predicted molar refractivity (Wildman–Crippen MR) is 102 cm³/mol. The number of hydrogen-bond acceptors (Lipinski definition) is 6.